The Morgan fingerprint density at radius 2 is 2.20 bits per heavy atom. The minimum atomic E-state index is -0.585. The molecule has 1 N–H and O–H groups in total. The Kier molecular flexibility index (Phi) is 0.960. The highest BCUT2D eigenvalue weighted by atomic mass is 16.4. The highest BCUT2D eigenvalue weighted by Crippen LogP contribution is 2.63. The van der Waals surface area contributed by atoms with Crippen LogP contribution < -0.4 is 0 Å². The van der Waals surface area contributed by atoms with Crippen LogP contribution in [0.2, 0.25) is 0 Å². The van der Waals surface area contributed by atoms with Crippen molar-refractivity contribution in [3.05, 3.63) is 0 Å². The zero-order valence-corrected chi connectivity index (χ0v) is 6.13. The van der Waals surface area contributed by atoms with Gasteiger partial charge in [0.25, 0.3) is 0 Å². The summed E-state index contributed by atoms with van der Waals surface area (Å²) in [5.74, 6) is -0.0596. The fourth-order valence-electron chi connectivity index (χ4n) is 1.81. The van der Waals surface area contributed by atoms with Gasteiger partial charge in [0.1, 0.15) is 0 Å². The van der Waals surface area contributed by atoms with Crippen molar-refractivity contribution in [2.45, 2.75) is 26.2 Å². The SMILES string of the molecule is CC1([C@@H]2C[C@H]2C(=O)O)CC1. The Morgan fingerprint density at radius 1 is 1.60 bits per heavy atom. The highest BCUT2D eigenvalue weighted by molar-refractivity contribution is 5.73. The second kappa shape index (κ2) is 1.55. The first-order chi connectivity index (χ1) is 4.63. The molecule has 2 heteroatoms. The van der Waals surface area contributed by atoms with Crippen LogP contribution in [-0.2, 0) is 4.79 Å². The van der Waals surface area contributed by atoms with E-state index in [4.69, 9.17) is 5.11 Å². The molecule has 0 heterocycles. The number of hydrogen-bond acceptors (Lipinski definition) is 1. The van der Waals surface area contributed by atoms with Crippen molar-refractivity contribution in [1.29, 1.82) is 0 Å². The van der Waals surface area contributed by atoms with Crippen molar-refractivity contribution in [1.82, 2.24) is 0 Å². The molecule has 0 unspecified atom stereocenters. The lowest BCUT2D eigenvalue weighted by Crippen LogP contribution is -2.05. The van der Waals surface area contributed by atoms with Crippen molar-refractivity contribution in [3.63, 3.8) is 0 Å². The molecule has 2 fully saturated rings. The summed E-state index contributed by atoms with van der Waals surface area (Å²) >= 11 is 0. The summed E-state index contributed by atoms with van der Waals surface area (Å²) in [4.78, 5) is 10.4. The predicted octanol–water partition coefficient (Wildman–Crippen LogP) is 1.51. The molecular formula is C8H12O2. The Hall–Kier alpha value is -0.530. The maximum atomic E-state index is 10.4. The molecule has 56 valence electrons. The number of aliphatic carboxylic acids is 1. The van der Waals surface area contributed by atoms with E-state index in [0.29, 0.717) is 11.3 Å². The Labute approximate surface area is 60.2 Å². The van der Waals surface area contributed by atoms with Crippen LogP contribution in [0, 0.1) is 17.3 Å². The van der Waals surface area contributed by atoms with Gasteiger partial charge in [0.05, 0.1) is 5.92 Å². The molecule has 0 spiro atoms. The van der Waals surface area contributed by atoms with E-state index in [0.717, 1.165) is 6.42 Å². The van der Waals surface area contributed by atoms with Gasteiger partial charge in [-0.1, -0.05) is 6.92 Å². The monoisotopic (exact) mass is 140 g/mol. The Morgan fingerprint density at radius 3 is 2.50 bits per heavy atom. The van der Waals surface area contributed by atoms with Crippen LogP contribution in [0.1, 0.15) is 26.2 Å². The molecule has 2 nitrogen and oxygen atoms in total. The van der Waals surface area contributed by atoms with Crippen molar-refractivity contribution in [3.8, 4) is 0 Å². The molecule has 2 atom stereocenters. The normalized spacial score (nSPS) is 40.9. The van der Waals surface area contributed by atoms with Crippen LogP contribution in [0.3, 0.4) is 0 Å². The van der Waals surface area contributed by atoms with Crippen molar-refractivity contribution in [2.75, 3.05) is 0 Å². The third-order valence-electron chi connectivity index (χ3n) is 3.04. The third kappa shape index (κ3) is 0.746. The van der Waals surface area contributed by atoms with Gasteiger partial charge in [0, 0.05) is 0 Å². The van der Waals surface area contributed by atoms with Gasteiger partial charge in [-0.3, -0.25) is 4.79 Å². The van der Waals surface area contributed by atoms with E-state index in [2.05, 4.69) is 6.92 Å². The van der Waals surface area contributed by atoms with Gasteiger partial charge in [-0.05, 0) is 30.6 Å². The fourth-order valence-corrected chi connectivity index (χ4v) is 1.81. The summed E-state index contributed by atoms with van der Waals surface area (Å²) in [5, 5.41) is 8.61. The summed E-state index contributed by atoms with van der Waals surface area (Å²) in [6.07, 6.45) is 3.44. The van der Waals surface area contributed by atoms with Crippen LogP contribution in [0.5, 0.6) is 0 Å². The molecule has 0 amide bonds. The van der Waals surface area contributed by atoms with Crippen molar-refractivity contribution < 1.29 is 9.90 Å². The van der Waals surface area contributed by atoms with E-state index in [1.54, 1.807) is 0 Å². The Balaban J connectivity index is 1.96. The van der Waals surface area contributed by atoms with Crippen molar-refractivity contribution in [2.24, 2.45) is 17.3 Å². The van der Waals surface area contributed by atoms with E-state index >= 15 is 0 Å². The summed E-state index contributed by atoms with van der Waals surface area (Å²) in [6, 6.07) is 0. The number of hydrogen-bond donors (Lipinski definition) is 1. The lowest BCUT2D eigenvalue weighted by Gasteiger charge is -2.03. The van der Waals surface area contributed by atoms with Gasteiger partial charge in [-0.2, -0.15) is 0 Å². The number of rotatable bonds is 2. The smallest absolute Gasteiger partial charge is 0.306 e. The van der Waals surface area contributed by atoms with Crippen LogP contribution in [0.4, 0.5) is 0 Å². The van der Waals surface area contributed by atoms with E-state index in [9.17, 15) is 4.79 Å². The first kappa shape index (κ1) is 6.20. The minimum Gasteiger partial charge on any atom is -0.481 e. The molecule has 2 aliphatic rings. The minimum absolute atomic E-state index is 0.00694. The molecule has 0 radical (unpaired) electrons. The molecule has 2 rings (SSSR count). The second-order valence-electron chi connectivity index (χ2n) is 3.94. The fraction of sp³-hybridized carbons (Fsp3) is 0.875. The summed E-state index contributed by atoms with van der Waals surface area (Å²) < 4.78 is 0. The Bertz CT molecular complexity index is 182. The quantitative estimate of drug-likeness (QED) is 0.631. The molecule has 0 saturated heterocycles. The van der Waals surface area contributed by atoms with Crippen LogP contribution in [0.15, 0.2) is 0 Å². The van der Waals surface area contributed by atoms with E-state index < -0.39 is 5.97 Å². The zero-order valence-electron chi connectivity index (χ0n) is 6.13. The summed E-state index contributed by atoms with van der Waals surface area (Å²) in [6.45, 7) is 2.21. The van der Waals surface area contributed by atoms with Crippen LogP contribution >= 0.6 is 0 Å². The number of carbonyl (C=O) groups is 1. The molecule has 2 saturated carbocycles. The topological polar surface area (TPSA) is 37.3 Å². The maximum absolute atomic E-state index is 10.4. The lowest BCUT2D eigenvalue weighted by molar-refractivity contribution is -0.139. The largest absolute Gasteiger partial charge is 0.481 e. The van der Waals surface area contributed by atoms with Crippen LogP contribution in [-0.4, -0.2) is 11.1 Å². The summed E-state index contributed by atoms with van der Waals surface area (Å²) in [7, 11) is 0. The molecule has 0 aromatic heterocycles. The predicted molar refractivity (Wildman–Crippen MR) is 36.6 cm³/mol. The molecule has 0 aromatic carbocycles. The highest BCUT2D eigenvalue weighted by Gasteiger charge is 2.58. The molecule has 10 heavy (non-hydrogen) atoms. The lowest BCUT2D eigenvalue weighted by atomic mass is 10.0. The van der Waals surface area contributed by atoms with Gasteiger partial charge >= 0.3 is 5.97 Å². The van der Waals surface area contributed by atoms with Gasteiger partial charge in [0.2, 0.25) is 0 Å². The van der Waals surface area contributed by atoms with Crippen LogP contribution in [0.25, 0.3) is 0 Å². The molecule has 0 aromatic rings. The molecule has 0 bridgehead atoms. The van der Waals surface area contributed by atoms with E-state index in [1.807, 2.05) is 0 Å². The molecular weight excluding hydrogens is 128 g/mol. The zero-order chi connectivity index (χ0) is 7.35. The average molecular weight is 140 g/mol. The molecule has 0 aliphatic heterocycles. The van der Waals surface area contributed by atoms with Gasteiger partial charge in [-0.15, -0.1) is 0 Å². The van der Waals surface area contributed by atoms with E-state index in [-0.39, 0.29) is 5.92 Å². The van der Waals surface area contributed by atoms with Gasteiger partial charge in [0.15, 0.2) is 0 Å². The molecule has 2 aliphatic carbocycles. The first-order valence-electron chi connectivity index (χ1n) is 3.86. The summed E-state index contributed by atoms with van der Waals surface area (Å²) in [5.41, 5.74) is 0.434. The van der Waals surface area contributed by atoms with E-state index in [1.165, 1.54) is 12.8 Å². The van der Waals surface area contributed by atoms with Gasteiger partial charge < -0.3 is 5.11 Å². The van der Waals surface area contributed by atoms with Crippen molar-refractivity contribution >= 4 is 5.97 Å². The second-order valence-corrected chi connectivity index (χ2v) is 3.94. The third-order valence-corrected chi connectivity index (χ3v) is 3.04. The van der Waals surface area contributed by atoms with Gasteiger partial charge in [-0.25, -0.2) is 0 Å². The number of carboxylic acids is 1. The average Bonchev–Trinajstić information content (AvgIpc) is 2.54. The maximum Gasteiger partial charge on any atom is 0.306 e. The standard InChI is InChI=1S/C8H12O2/c1-8(2-3-8)6-4-5(6)7(9)10/h5-6H,2-4H2,1H3,(H,9,10)/t5-,6-/m1/s1. The first-order valence-corrected chi connectivity index (χ1v) is 3.86. The number of carboxylic acid groups (broad SMARTS) is 1.